The summed E-state index contributed by atoms with van der Waals surface area (Å²) in [5.41, 5.74) is 7.25. The molecule has 0 aliphatic rings. The van der Waals surface area contributed by atoms with E-state index in [-0.39, 0.29) is 0 Å². The van der Waals surface area contributed by atoms with E-state index in [1.807, 2.05) is 62.4 Å². The van der Waals surface area contributed by atoms with Gasteiger partial charge in [-0.15, -0.1) is 11.3 Å². The number of thiazole rings is 1. The van der Waals surface area contributed by atoms with E-state index in [9.17, 15) is 14.4 Å². The molecule has 5 aromatic rings. The number of nitrogens with zero attached hydrogens (tertiary/aromatic N) is 3. The Balaban J connectivity index is 1.65. The van der Waals surface area contributed by atoms with Crippen molar-refractivity contribution in [3.63, 3.8) is 0 Å². The number of carbonyl (C=O) groups excluding carboxylic acids is 1. The van der Waals surface area contributed by atoms with Crippen LogP contribution in [0.1, 0.15) is 24.4 Å². The minimum atomic E-state index is -0.758. The molecule has 12 heteroatoms. The zero-order chi connectivity index (χ0) is 28.6. The first-order valence-electron chi connectivity index (χ1n) is 12.0. The topological polar surface area (TPSA) is 136 Å². The molecule has 0 fully saturated rings. The van der Waals surface area contributed by atoms with Crippen molar-refractivity contribution in [1.82, 2.24) is 19.7 Å². The van der Waals surface area contributed by atoms with Crippen molar-refractivity contribution >= 4 is 46.3 Å². The minimum Gasteiger partial charge on any atom is -0.351 e. The van der Waals surface area contributed by atoms with E-state index in [4.69, 9.17) is 33.9 Å². The van der Waals surface area contributed by atoms with Crippen LogP contribution in [0.2, 0.25) is 10.0 Å². The molecule has 2 aromatic heterocycles. The van der Waals surface area contributed by atoms with Crippen LogP contribution in [0.15, 0.2) is 82.5 Å². The maximum atomic E-state index is 12.3. The largest absolute Gasteiger partial charge is 0.351 e. The monoisotopic (exact) mass is 592 g/mol. The van der Waals surface area contributed by atoms with E-state index >= 15 is 0 Å². The number of aromatic amines is 1. The zero-order valence-electron chi connectivity index (χ0n) is 21.2. The molecule has 4 N–H and O–H groups in total. The smallest absolute Gasteiger partial charge is 0.349 e. The van der Waals surface area contributed by atoms with Crippen LogP contribution in [0.3, 0.4) is 0 Å². The van der Waals surface area contributed by atoms with Crippen molar-refractivity contribution in [2.24, 2.45) is 5.73 Å². The Bertz CT molecular complexity index is 1840. The molecule has 9 nitrogen and oxygen atoms in total. The normalized spacial score (nSPS) is 11.4. The first kappa shape index (κ1) is 27.3. The molecule has 0 saturated heterocycles. The number of nitrogens with one attached hydrogen (secondary N) is 2. The molecule has 0 spiro atoms. The van der Waals surface area contributed by atoms with Crippen molar-refractivity contribution in [2.75, 3.05) is 5.32 Å². The third-order valence-electron chi connectivity index (χ3n) is 6.21. The number of H-pyrrole nitrogens is 1. The number of benzene rings is 3. The highest BCUT2D eigenvalue weighted by atomic mass is 35.5. The molecule has 0 bridgehead atoms. The van der Waals surface area contributed by atoms with Crippen molar-refractivity contribution < 1.29 is 4.79 Å². The standard InChI is InChI=1S/C28H22Cl2N6O3S/c1-28(2,22-19(29)12-18(13-20(22)30)36-27(39)34-21(37)14-32-36)25-35-23(15-7-4-3-5-8-15)24(40-25)16-9-6-10-17(11-16)33-26(31)38/h3-14H,1-2H3,(H3,31,33,38)(H,34,37,39). The maximum absolute atomic E-state index is 12.3. The summed E-state index contributed by atoms with van der Waals surface area (Å²) in [6, 6.07) is 19.6. The lowest BCUT2D eigenvalue weighted by Crippen LogP contribution is -2.30. The Morgan fingerprint density at radius 3 is 2.33 bits per heavy atom. The predicted molar refractivity (Wildman–Crippen MR) is 159 cm³/mol. The summed E-state index contributed by atoms with van der Waals surface area (Å²) in [7, 11) is 0. The number of anilines is 1. The molecule has 2 amide bonds. The highest BCUT2D eigenvalue weighted by Gasteiger charge is 2.33. The lowest BCUT2D eigenvalue weighted by molar-refractivity contribution is 0.259. The zero-order valence-corrected chi connectivity index (χ0v) is 23.6. The highest BCUT2D eigenvalue weighted by molar-refractivity contribution is 7.16. The molecule has 0 aliphatic carbocycles. The third kappa shape index (κ3) is 5.29. The van der Waals surface area contributed by atoms with E-state index in [0.29, 0.717) is 27.0 Å². The fraction of sp³-hybridized carbons (Fsp3) is 0.107. The number of hydrogen-bond acceptors (Lipinski definition) is 6. The summed E-state index contributed by atoms with van der Waals surface area (Å²) in [5, 5.41) is 7.85. The second-order valence-electron chi connectivity index (χ2n) is 9.39. The van der Waals surface area contributed by atoms with Crippen LogP contribution in [0.5, 0.6) is 0 Å². The number of amides is 2. The highest BCUT2D eigenvalue weighted by Crippen LogP contribution is 2.47. The summed E-state index contributed by atoms with van der Waals surface area (Å²) in [5.74, 6) is 0. The molecule has 2 heterocycles. The average molecular weight is 593 g/mol. The number of primary amides is 1. The third-order valence-corrected chi connectivity index (χ3v) is 8.24. The molecule has 0 saturated carbocycles. The van der Waals surface area contributed by atoms with Crippen LogP contribution in [-0.4, -0.2) is 25.8 Å². The molecule has 0 atom stereocenters. The number of urea groups is 1. The van der Waals surface area contributed by atoms with E-state index in [2.05, 4.69) is 15.4 Å². The molecule has 0 radical (unpaired) electrons. The van der Waals surface area contributed by atoms with Crippen molar-refractivity contribution in [3.05, 3.63) is 114 Å². The quantitative estimate of drug-likeness (QED) is 0.228. The van der Waals surface area contributed by atoms with Crippen LogP contribution >= 0.6 is 34.5 Å². The molecule has 0 aliphatic heterocycles. The summed E-state index contributed by atoms with van der Waals surface area (Å²) in [6.07, 6.45) is 0.997. The molecule has 202 valence electrons. The van der Waals surface area contributed by atoms with Gasteiger partial charge in [-0.1, -0.05) is 65.7 Å². The lowest BCUT2D eigenvalue weighted by atomic mass is 9.85. The van der Waals surface area contributed by atoms with Gasteiger partial charge in [0.1, 0.15) is 11.2 Å². The van der Waals surface area contributed by atoms with Crippen LogP contribution in [0.25, 0.3) is 27.4 Å². The van der Waals surface area contributed by atoms with Crippen LogP contribution < -0.4 is 22.3 Å². The van der Waals surface area contributed by atoms with Gasteiger partial charge < -0.3 is 11.1 Å². The van der Waals surface area contributed by atoms with Crippen molar-refractivity contribution in [1.29, 1.82) is 0 Å². The molecule has 5 rings (SSSR count). The number of nitrogens with two attached hydrogens (primary N) is 1. The number of carbonyl (C=O) groups is 1. The van der Waals surface area contributed by atoms with Gasteiger partial charge in [0.2, 0.25) is 0 Å². The SMILES string of the molecule is CC(C)(c1nc(-c2ccccc2)c(-c2cccc(NC(N)=O)c2)s1)c1c(Cl)cc(-n2ncc(=O)[nH]c2=O)cc1Cl. The molecule has 0 unspecified atom stereocenters. The number of halogens is 2. The van der Waals surface area contributed by atoms with E-state index in [1.165, 1.54) is 11.3 Å². The van der Waals surface area contributed by atoms with Gasteiger partial charge in [0.05, 0.1) is 16.3 Å². The van der Waals surface area contributed by atoms with Gasteiger partial charge in [-0.3, -0.25) is 9.78 Å². The summed E-state index contributed by atoms with van der Waals surface area (Å²) in [4.78, 5) is 43.3. The lowest BCUT2D eigenvalue weighted by Gasteiger charge is -2.26. The van der Waals surface area contributed by atoms with Gasteiger partial charge in [-0.05, 0) is 43.7 Å². The fourth-order valence-corrected chi connectivity index (χ4v) is 6.52. The minimum absolute atomic E-state index is 0.304. The van der Waals surface area contributed by atoms with Gasteiger partial charge in [-0.25, -0.2) is 14.6 Å². The van der Waals surface area contributed by atoms with Crippen LogP contribution in [0, 0.1) is 0 Å². The Hall–Kier alpha value is -4.25. The average Bonchev–Trinajstić information content (AvgIpc) is 3.35. The van der Waals surface area contributed by atoms with Crippen molar-refractivity contribution in [3.8, 4) is 27.4 Å². The summed E-state index contributed by atoms with van der Waals surface area (Å²) < 4.78 is 1.01. The summed E-state index contributed by atoms with van der Waals surface area (Å²) >= 11 is 15.0. The molecule has 3 aromatic carbocycles. The molecular weight excluding hydrogens is 571 g/mol. The summed E-state index contributed by atoms with van der Waals surface area (Å²) in [6.45, 7) is 3.93. The van der Waals surface area contributed by atoms with Gasteiger partial charge in [-0.2, -0.15) is 9.78 Å². The predicted octanol–water partition coefficient (Wildman–Crippen LogP) is 5.83. The second kappa shape index (κ2) is 10.7. The molecule has 40 heavy (non-hydrogen) atoms. The fourth-order valence-electron chi connectivity index (χ4n) is 4.38. The van der Waals surface area contributed by atoms with Gasteiger partial charge in [0.15, 0.2) is 0 Å². The van der Waals surface area contributed by atoms with E-state index in [1.54, 1.807) is 18.2 Å². The number of hydrogen-bond donors (Lipinski definition) is 3. The Morgan fingerprint density at radius 2 is 1.68 bits per heavy atom. The number of rotatable bonds is 6. The molecular formula is C28H22Cl2N6O3S. The van der Waals surface area contributed by atoms with Gasteiger partial charge >= 0.3 is 11.7 Å². The Morgan fingerprint density at radius 1 is 1.00 bits per heavy atom. The maximum Gasteiger partial charge on any atom is 0.349 e. The number of aromatic nitrogens is 4. The Labute approximate surface area is 242 Å². The van der Waals surface area contributed by atoms with E-state index < -0.39 is 22.7 Å². The Kier molecular flexibility index (Phi) is 7.33. The first-order valence-corrected chi connectivity index (χ1v) is 13.5. The van der Waals surface area contributed by atoms with Crippen LogP contribution in [0.4, 0.5) is 10.5 Å². The van der Waals surface area contributed by atoms with Gasteiger partial charge in [0, 0.05) is 32.3 Å². The van der Waals surface area contributed by atoms with Crippen LogP contribution in [-0.2, 0) is 5.41 Å². The van der Waals surface area contributed by atoms with E-state index in [0.717, 1.165) is 37.6 Å². The van der Waals surface area contributed by atoms with Crippen molar-refractivity contribution in [2.45, 2.75) is 19.3 Å². The van der Waals surface area contributed by atoms with Gasteiger partial charge in [0.25, 0.3) is 5.56 Å². The first-order chi connectivity index (χ1) is 19.0. The second-order valence-corrected chi connectivity index (χ2v) is 11.2.